The van der Waals surface area contributed by atoms with Crippen LogP contribution < -0.4 is 4.74 Å². The molecule has 0 spiro atoms. The molecule has 4 heteroatoms. The van der Waals surface area contributed by atoms with E-state index < -0.39 is 9.04 Å². The van der Waals surface area contributed by atoms with Crippen LogP contribution in [0.5, 0.6) is 5.75 Å². The molecule has 0 saturated heterocycles. The van der Waals surface area contributed by atoms with Crippen LogP contribution in [-0.2, 0) is 4.43 Å². The van der Waals surface area contributed by atoms with Crippen LogP contribution in [0.2, 0.25) is 13.1 Å². The van der Waals surface area contributed by atoms with Crippen molar-refractivity contribution in [2.75, 3.05) is 6.61 Å². The molecule has 0 amide bonds. The van der Waals surface area contributed by atoms with Crippen LogP contribution in [0.4, 0.5) is 4.39 Å². The van der Waals surface area contributed by atoms with Gasteiger partial charge >= 0.3 is 0 Å². The van der Waals surface area contributed by atoms with Crippen molar-refractivity contribution in [3.05, 3.63) is 30.1 Å². The first-order chi connectivity index (χ1) is 8.13. The molecule has 1 aliphatic carbocycles. The van der Waals surface area contributed by atoms with E-state index >= 15 is 0 Å². The molecular weight excluding hydrogens is 235 g/mol. The fourth-order valence-electron chi connectivity index (χ4n) is 2.05. The summed E-state index contributed by atoms with van der Waals surface area (Å²) in [5, 5.41) is 0. The van der Waals surface area contributed by atoms with Crippen LogP contribution in [0.1, 0.15) is 12.8 Å². The first kappa shape index (κ1) is 12.6. The molecule has 0 atom stereocenters. The van der Waals surface area contributed by atoms with Gasteiger partial charge in [-0.2, -0.15) is 0 Å². The Morgan fingerprint density at radius 1 is 1.24 bits per heavy atom. The second-order valence-corrected chi connectivity index (χ2v) is 7.28. The zero-order valence-electron chi connectivity index (χ0n) is 10.4. The van der Waals surface area contributed by atoms with Gasteiger partial charge in [-0.3, -0.25) is 0 Å². The van der Waals surface area contributed by atoms with E-state index in [4.69, 9.17) is 9.16 Å². The lowest BCUT2D eigenvalue weighted by Crippen LogP contribution is -2.37. The van der Waals surface area contributed by atoms with Crippen molar-refractivity contribution in [2.45, 2.75) is 32.0 Å². The van der Waals surface area contributed by atoms with Crippen molar-refractivity contribution < 1.29 is 13.6 Å². The molecule has 0 heterocycles. The second kappa shape index (κ2) is 5.64. The number of benzene rings is 1. The summed E-state index contributed by atoms with van der Waals surface area (Å²) >= 11 is 0. The number of halogens is 1. The average Bonchev–Trinajstić information content (AvgIpc) is 2.23. The van der Waals surface area contributed by atoms with Crippen LogP contribution in [0.3, 0.4) is 0 Å². The minimum absolute atomic E-state index is 0.226. The van der Waals surface area contributed by atoms with Crippen LogP contribution >= 0.6 is 0 Å². The second-order valence-electron chi connectivity index (χ2n) is 4.91. The SMILES string of the molecule is C[SiH](C)OC1CC(COc2ccc(F)cc2)C1. The zero-order valence-corrected chi connectivity index (χ0v) is 11.5. The van der Waals surface area contributed by atoms with Gasteiger partial charge in [0.1, 0.15) is 11.6 Å². The summed E-state index contributed by atoms with van der Waals surface area (Å²) in [5.41, 5.74) is 0. The maximum Gasteiger partial charge on any atom is 0.171 e. The lowest BCUT2D eigenvalue weighted by Gasteiger charge is -2.36. The monoisotopic (exact) mass is 254 g/mol. The quantitative estimate of drug-likeness (QED) is 0.752. The van der Waals surface area contributed by atoms with Crippen LogP contribution in [0.15, 0.2) is 24.3 Å². The average molecular weight is 254 g/mol. The molecule has 94 valence electrons. The molecule has 1 fully saturated rings. The summed E-state index contributed by atoms with van der Waals surface area (Å²) in [6, 6.07) is 6.19. The van der Waals surface area contributed by atoms with Gasteiger partial charge < -0.3 is 9.16 Å². The highest BCUT2D eigenvalue weighted by Gasteiger charge is 2.30. The van der Waals surface area contributed by atoms with Crippen molar-refractivity contribution in [1.82, 2.24) is 0 Å². The van der Waals surface area contributed by atoms with Crippen molar-refractivity contribution in [3.8, 4) is 5.75 Å². The van der Waals surface area contributed by atoms with E-state index in [0.717, 1.165) is 18.6 Å². The number of hydrogen-bond acceptors (Lipinski definition) is 2. The Balaban J connectivity index is 1.66. The third-order valence-electron chi connectivity index (χ3n) is 2.96. The van der Waals surface area contributed by atoms with E-state index in [9.17, 15) is 4.39 Å². The molecule has 0 aromatic heterocycles. The topological polar surface area (TPSA) is 18.5 Å². The van der Waals surface area contributed by atoms with Crippen LogP contribution in [0, 0.1) is 11.7 Å². The van der Waals surface area contributed by atoms with Gasteiger partial charge in [-0.25, -0.2) is 4.39 Å². The summed E-state index contributed by atoms with van der Waals surface area (Å²) in [4.78, 5) is 0. The Morgan fingerprint density at radius 2 is 1.88 bits per heavy atom. The minimum Gasteiger partial charge on any atom is -0.493 e. The Bertz CT molecular complexity index is 347. The molecule has 1 aliphatic rings. The molecule has 1 aromatic carbocycles. The zero-order chi connectivity index (χ0) is 12.3. The number of hydrogen-bond donors (Lipinski definition) is 0. The number of ether oxygens (including phenoxy) is 1. The van der Waals surface area contributed by atoms with Crippen molar-refractivity contribution in [1.29, 1.82) is 0 Å². The standard InChI is InChI=1S/C13H19FO2Si/c1-17(2)16-13-7-10(8-13)9-15-12-5-3-11(14)4-6-12/h3-6,10,13,17H,7-9H2,1-2H3. The van der Waals surface area contributed by atoms with E-state index in [1.54, 1.807) is 12.1 Å². The summed E-state index contributed by atoms with van der Waals surface area (Å²) < 4.78 is 24.1. The molecule has 1 aromatic rings. The predicted molar refractivity (Wildman–Crippen MR) is 68.4 cm³/mol. The van der Waals surface area contributed by atoms with Crippen LogP contribution in [0.25, 0.3) is 0 Å². The van der Waals surface area contributed by atoms with E-state index in [0.29, 0.717) is 18.6 Å². The van der Waals surface area contributed by atoms with E-state index in [1.807, 2.05) is 0 Å². The third kappa shape index (κ3) is 3.82. The van der Waals surface area contributed by atoms with Gasteiger partial charge in [-0.1, -0.05) is 0 Å². The predicted octanol–water partition coefficient (Wildman–Crippen LogP) is 2.98. The Labute approximate surface area is 103 Å². The van der Waals surface area contributed by atoms with Crippen LogP contribution in [-0.4, -0.2) is 21.8 Å². The summed E-state index contributed by atoms with van der Waals surface area (Å²) in [5.74, 6) is 1.11. The highest BCUT2D eigenvalue weighted by molar-refractivity contribution is 6.48. The van der Waals surface area contributed by atoms with Gasteiger partial charge in [0.2, 0.25) is 0 Å². The lowest BCUT2D eigenvalue weighted by atomic mass is 9.83. The molecule has 0 unspecified atom stereocenters. The molecule has 1 saturated carbocycles. The Morgan fingerprint density at radius 3 is 2.47 bits per heavy atom. The Kier molecular flexibility index (Phi) is 4.18. The van der Waals surface area contributed by atoms with Crippen molar-refractivity contribution in [2.24, 2.45) is 5.92 Å². The fourth-order valence-corrected chi connectivity index (χ4v) is 3.04. The van der Waals surface area contributed by atoms with Gasteiger partial charge in [-0.15, -0.1) is 0 Å². The fraction of sp³-hybridized carbons (Fsp3) is 0.538. The molecule has 0 aliphatic heterocycles. The molecule has 0 bridgehead atoms. The summed E-state index contributed by atoms with van der Waals surface area (Å²) in [7, 11) is -0.890. The van der Waals surface area contributed by atoms with Gasteiger partial charge in [0, 0.05) is 6.10 Å². The maximum absolute atomic E-state index is 12.7. The van der Waals surface area contributed by atoms with E-state index in [2.05, 4.69) is 13.1 Å². The van der Waals surface area contributed by atoms with Gasteiger partial charge in [0.15, 0.2) is 9.04 Å². The van der Waals surface area contributed by atoms with Gasteiger partial charge in [0.05, 0.1) is 6.61 Å². The van der Waals surface area contributed by atoms with Crippen molar-refractivity contribution >= 4 is 9.04 Å². The highest BCUT2D eigenvalue weighted by atomic mass is 28.3. The molecule has 2 rings (SSSR count). The van der Waals surface area contributed by atoms with Crippen molar-refractivity contribution in [3.63, 3.8) is 0 Å². The molecule has 0 N–H and O–H groups in total. The smallest absolute Gasteiger partial charge is 0.171 e. The third-order valence-corrected chi connectivity index (χ3v) is 3.89. The van der Waals surface area contributed by atoms with Gasteiger partial charge in [0.25, 0.3) is 0 Å². The maximum atomic E-state index is 12.7. The van der Waals surface area contributed by atoms with E-state index in [1.165, 1.54) is 12.1 Å². The molecule has 2 nitrogen and oxygen atoms in total. The lowest BCUT2D eigenvalue weighted by molar-refractivity contribution is 0.0378. The molecule has 0 radical (unpaired) electrons. The van der Waals surface area contributed by atoms with Gasteiger partial charge in [-0.05, 0) is 56.1 Å². The molecule has 17 heavy (non-hydrogen) atoms. The molecular formula is C13H19FO2Si. The highest BCUT2D eigenvalue weighted by Crippen LogP contribution is 2.31. The normalized spacial score (nSPS) is 23.5. The largest absolute Gasteiger partial charge is 0.493 e. The first-order valence-corrected chi connectivity index (χ1v) is 8.95. The summed E-state index contributed by atoms with van der Waals surface area (Å²) in [6.07, 6.45) is 2.67. The Hall–Kier alpha value is -0.873. The first-order valence-electron chi connectivity index (χ1n) is 6.17. The summed E-state index contributed by atoms with van der Waals surface area (Å²) in [6.45, 7) is 5.11. The van der Waals surface area contributed by atoms with E-state index in [-0.39, 0.29) is 5.82 Å². The minimum atomic E-state index is -0.890. The number of rotatable bonds is 5.